The van der Waals surface area contributed by atoms with Gasteiger partial charge in [0, 0.05) is 11.6 Å². The first kappa shape index (κ1) is 13.7. The van der Waals surface area contributed by atoms with Gasteiger partial charge in [0.25, 0.3) is 0 Å². The standard InChI is InChI=1S/C18H19N3/c1-12-8-13(2)10-16(9-12)18(21-19)15-5-6-17-14(11-15)4-3-7-20-17/h3-11,18,21H,19H2,1-2H3. The van der Waals surface area contributed by atoms with Gasteiger partial charge >= 0.3 is 0 Å². The number of fused-ring (bicyclic) bond motifs is 1. The molecule has 106 valence electrons. The maximum atomic E-state index is 5.82. The van der Waals surface area contributed by atoms with Crippen LogP contribution in [0.4, 0.5) is 0 Å². The molecule has 0 fully saturated rings. The van der Waals surface area contributed by atoms with Crippen molar-refractivity contribution in [3.05, 3.63) is 77.0 Å². The fourth-order valence-electron chi connectivity index (χ4n) is 2.84. The van der Waals surface area contributed by atoms with Gasteiger partial charge < -0.3 is 0 Å². The lowest BCUT2D eigenvalue weighted by Crippen LogP contribution is -2.29. The molecule has 21 heavy (non-hydrogen) atoms. The normalized spacial score (nSPS) is 12.5. The Bertz CT molecular complexity index is 760. The summed E-state index contributed by atoms with van der Waals surface area (Å²) in [5.41, 5.74) is 8.74. The van der Waals surface area contributed by atoms with E-state index in [0.29, 0.717) is 0 Å². The van der Waals surface area contributed by atoms with Gasteiger partial charge in [-0.2, -0.15) is 0 Å². The van der Waals surface area contributed by atoms with E-state index in [1.807, 2.05) is 18.3 Å². The maximum Gasteiger partial charge on any atom is 0.0710 e. The van der Waals surface area contributed by atoms with Crippen molar-refractivity contribution in [2.24, 2.45) is 5.84 Å². The highest BCUT2D eigenvalue weighted by Crippen LogP contribution is 2.25. The molecule has 3 nitrogen and oxygen atoms in total. The summed E-state index contributed by atoms with van der Waals surface area (Å²) in [7, 11) is 0. The second kappa shape index (κ2) is 5.64. The molecule has 3 N–H and O–H groups in total. The topological polar surface area (TPSA) is 50.9 Å². The Morgan fingerprint density at radius 1 is 0.952 bits per heavy atom. The van der Waals surface area contributed by atoms with Crippen LogP contribution in [0, 0.1) is 13.8 Å². The summed E-state index contributed by atoms with van der Waals surface area (Å²) in [5, 5.41) is 1.12. The first-order valence-corrected chi connectivity index (χ1v) is 7.06. The number of hydrazine groups is 1. The lowest BCUT2D eigenvalue weighted by molar-refractivity contribution is 0.636. The van der Waals surface area contributed by atoms with Crippen LogP contribution in [0.15, 0.2) is 54.7 Å². The van der Waals surface area contributed by atoms with E-state index in [1.165, 1.54) is 16.7 Å². The van der Waals surface area contributed by atoms with Crippen LogP contribution in [0.5, 0.6) is 0 Å². The van der Waals surface area contributed by atoms with Crippen LogP contribution in [0.2, 0.25) is 0 Å². The van der Waals surface area contributed by atoms with Gasteiger partial charge in [0.1, 0.15) is 0 Å². The van der Waals surface area contributed by atoms with Crippen molar-refractivity contribution < 1.29 is 0 Å². The Hall–Kier alpha value is -2.23. The van der Waals surface area contributed by atoms with Gasteiger partial charge in [0.2, 0.25) is 0 Å². The first-order chi connectivity index (χ1) is 10.2. The molecule has 0 aliphatic carbocycles. The number of aryl methyl sites for hydroxylation is 2. The fourth-order valence-corrected chi connectivity index (χ4v) is 2.84. The van der Waals surface area contributed by atoms with Gasteiger partial charge in [-0.15, -0.1) is 0 Å². The third-order valence-electron chi connectivity index (χ3n) is 3.70. The summed E-state index contributed by atoms with van der Waals surface area (Å²) in [6.07, 6.45) is 1.81. The van der Waals surface area contributed by atoms with Crippen LogP contribution in [-0.2, 0) is 0 Å². The number of hydrogen-bond donors (Lipinski definition) is 2. The van der Waals surface area contributed by atoms with Crippen LogP contribution in [-0.4, -0.2) is 4.98 Å². The van der Waals surface area contributed by atoms with E-state index >= 15 is 0 Å². The highest BCUT2D eigenvalue weighted by atomic mass is 15.2. The molecule has 0 saturated heterocycles. The summed E-state index contributed by atoms with van der Waals surface area (Å²) in [6, 6.07) is 16.8. The Balaban J connectivity index is 2.08. The number of nitrogens with one attached hydrogen (secondary N) is 1. The third-order valence-corrected chi connectivity index (χ3v) is 3.70. The largest absolute Gasteiger partial charge is 0.271 e. The minimum Gasteiger partial charge on any atom is -0.271 e. The van der Waals surface area contributed by atoms with Gasteiger partial charge in [-0.25, -0.2) is 5.43 Å². The predicted molar refractivity (Wildman–Crippen MR) is 86.8 cm³/mol. The first-order valence-electron chi connectivity index (χ1n) is 7.06. The van der Waals surface area contributed by atoms with Crippen LogP contribution in [0.1, 0.15) is 28.3 Å². The lowest BCUT2D eigenvalue weighted by atomic mass is 9.95. The molecule has 0 spiro atoms. The molecule has 3 aromatic rings. The number of benzene rings is 2. The zero-order chi connectivity index (χ0) is 14.8. The highest BCUT2D eigenvalue weighted by Gasteiger charge is 2.13. The molecule has 0 bridgehead atoms. The second-order valence-electron chi connectivity index (χ2n) is 5.48. The summed E-state index contributed by atoms with van der Waals surface area (Å²) >= 11 is 0. The predicted octanol–water partition coefficient (Wildman–Crippen LogP) is 3.40. The summed E-state index contributed by atoms with van der Waals surface area (Å²) in [6.45, 7) is 4.21. The average molecular weight is 277 g/mol. The van der Waals surface area contributed by atoms with Gasteiger partial charge in [0.15, 0.2) is 0 Å². The minimum absolute atomic E-state index is 0.0202. The maximum absolute atomic E-state index is 5.82. The number of rotatable bonds is 3. The van der Waals surface area contributed by atoms with E-state index in [2.05, 4.69) is 60.7 Å². The van der Waals surface area contributed by atoms with Gasteiger partial charge in [0.05, 0.1) is 11.6 Å². The van der Waals surface area contributed by atoms with Crippen molar-refractivity contribution >= 4 is 10.9 Å². The molecule has 1 heterocycles. The van der Waals surface area contributed by atoms with E-state index in [4.69, 9.17) is 5.84 Å². The third kappa shape index (κ3) is 2.79. The second-order valence-corrected chi connectivity index (χ2v) is 5.48. The molecule has 0 aliphatic heterocycles. The lowest BCUT2D eigenvalue weighted by Gasteiger charge is -2.18. The molecular weight excluding hydrogens is 258 g/mol. The van der Waals surface area contributed by atoms with Gasteiger partial charge in [-0.1, -0.05) is 41.5 Å². The van der Waals surface area contributed by atoms with Crippen molar-refractivity contribution in [3.63, 3.8) is 0 Å². The van der Waals surface area contributed by atoms with E-state index in [1.54, 1.807) is 0 Å². The molecule has 1 aromatic heterocycles. The minimum atomic E-state index is -0.0202. The zero-order valence-corrected chi connectivity index (χ0v) is 12.3. The fraction of sp³-hybridized carbons (Fsp3) is 0.167. The van der Waals surface area contributed by atoms with E-state index in [0.717, 1.165) is 16.5 Å². The van der Waals surface area contributed by atoms with Crippen molar-refractivity contribution in [2.45, 2.75) is 19.9 Å². The molecule has 1 unspecified atom stereocenters. The van der Waals surface area contributed by atoms with Crippen LogP contribution < -0.4 is 11.3 Å². The highest BCUT2D eigenvalue weighted by molar-refractivity contribution is 5.79. The van der Waals surface area contributed by atoms with Crippen LogP contribution >= 0.6 is 0 Å². The van der Waals surface area contributed by atoms with Crippen LogP contribution in [0.25, 0.3) is 10.9 Å². The molecule has 1 atom stereocenters. The van der Waals surface area contributed by atoms with Crippen molar-refractivity contribution in [1.82, 2.24) is 10.4 Å². The van der Waals surface area contributed by atoms with E-state index in [9.17, 15) is 0 Å². The molecule has 3 heteroatoms. The monoisotopic (exact) mass is 277 g/mol. The number of nitrogens with two attached hydrogens (primary N) is 1. The quantitative estimate of drug-likeness (QED) is 0.570. The zero-order valence-electron chi connectivity index (χ0n) is 12.3. The summed E-state index contributed by atoms with van der Waals surface area (Å²) in [4.78, 5) is 4.36. The van der Waals surface area contributed by atoms with Crippen molar-refractivity contribution in [1.29, 1.82) is 0 Å². The summed E-state index contributed by atoms with van der Waals surface area (Å²) in [5.74, 6) is 5.82. The molecule has 0 radical (unpaired) electrons. The van der Waals surface area contributed by atoms with E-state index in [-0.39, 0.29) is 6.04 Å². The molecule has 3 rings (SSSR count). The van der Waals surface area contributed by atoms with Gasteiger partial charge in [-0.05, 0) is 43.2 Å². The number of hydrogen-bond acceptors (Lipinski definition) is 3. The van der Waals surface area contributed by atoms with Crippen LogP contribution in [0.3, 0.4) is 0 Å². The molecule has 0 aliphatic rings. The Morgan fingerprint density at radius 3 is 2.43 bits per heavy atom. The van der Waals surface area contributed by atoms with Gasteiger partial charge in [-0.3, -0.25) is 10.8 Å². The SMILES string of the molecule is Cc1cc(C)cc(C(NN)c2ccc3ncccc3c2)c1. The smallest absolute Gasteiger partial charge is 0.0710 e. The Labute approximate surface area is 124 Å². The van der Waals surface area contributed by atoms with Crippen molar-refractivity contribution in [2.75, 3.05) is 0 Å². The Kier molecular flexibility index (Phi) is 3.69. The molecule has 0 saturated carbocycles. The van der Waals surface area contributed by atoms with Crippen molar-refractivity contribution in [3.8, 4) is 0 Å². The molecular formula is C18H19N3. The summed E-state index contributed by atoms with van der Waals surface area (Å²) < 4.78 is 0. The average Bonchev–Trinajstić information content (AvgIpc) is 2.47. The number of nitrogens with zero attached hydrogens (tertiary/aromatic N) is 1. The molecule has 0 amide bonds. The Morgan fingerprint density at radius 2 is 1.71 bits per heavy atom. The molecule has 2 aromatic carbocycles. The number of aromatic nitrogens is 1. The van der Waals surface area contributed by atoms with E-state index < -0.39 is 0 Å². The number of pyridine rings is 1.